The zero-order valence-electron chi connectivity index (χ0n) is 18.4. The topological polar surface area (TPSA) is 117 Å². The molecule has 1 atom stereocenters. The van der Waals surface area contributed by atoms with E-state index in [4.69, 9.17) is 14.1 Å². The van der Waals surface area contributed by atoms with Crippen molar-refractivity contribution in [2.75, 3.05) is 13.1 Å². The minimum absolute atomic E-state index is 0.154. The van der Waals surface area contributed by atoms with E-state index in [0.29, 0.717) is 48.0 Å². The number of fused-ring (bicyclic) bond motifs is 1. The highest BCUT2D eigenvalue weighted by molar-refractivity contribution is 5.93. The van der Waals surface area contributed by atoms with E-state index in [2.05, 4.69) is 27.0 Å². The second-order valence-corrected chi connectivity index (χ2v) is 7.84. The van der Waals surface area contributed by atoms with Crippen molar-refractivity contribution in [1.82, 2.24) is 39.2 Å². The van der Waals surface area contributed by atoms with Gasteiger partial charge in [-0.1, -0.05) is 0 Å². The summed E-state index contributed by atoms with van der Waals surface area (Å²) in [6.45, 7) is 7.61. The first-order valence-electron chi connectivity index (χ1n) is 10.5. The van der Waals surface area contributed by atoms with Crippen molar-refractivity contribution in [3.05, 3.63) is 36.1 Å². The first-order chi connectivity index (χ1) is 15.5. The lowest BCUT2D eigenvalue weighted by molar-refractivity contribution is 0.0764. The third kappa shape index (κ3) is 3.20. The Morgan fingerprint density at radius 2 is 2.12 bits per heavy atom. The Kier molecular flexibility index (Phi) is 4.87. The molecule has 1 saturated heterocycles. The van der Waals surface area contributed by atoms with Crippen LogP contribution >= 0.6 is 0 Å². The lowest BCUT2D eigenvalue weighted by atomic mass is 10.2. The van der Waals surface area contributed by atoms with Gasteiger partial charge in [0.05, 0.1) is 18.3 Å². The fourth-order valence-corrected chi connectivity index (χ4v) is 4.12. The van der Waals surface area contributed by atoms with Crippen molar-refractivity contribution in [2.45, 2.75) is 39.8 Å². The Bertz CT molecular complexity index is 1300. The normalized spacial score (nSPS) is 16.2. The van der Waals surface area contributed by atoms with Gasteiger partial charge in [0.25, 0.3) is 5.91 Å². The van der Waals surface area contributed by atoms with Crippen LogP contribution in [0.15, 0.2) is 23.3 Å². The zero-order chi connectivity index (χ0) is 22.4. The van der Waals surface area contributed by atoms with Crippen LogP contribution in [0.3, 0.4) is 0 Å². The maximum atomic E-state index is 12.7. The molecule has 0 saturated carbocycles. The molecule has 0 aliphatic carbocycles. The molecule has 1 amide bonds. The molecule has 1 aliphatic rings. The number of aryl methyl sites for hydroxylation is 3. The molecular weight excluding hydrogens is 412 g/mol. The van der Waals surface area contributed by atoms with Crippen molar-refractivity contribution in [2.24, 2.45) is 7.05 Å². The van der Waals surface area contributed by atoms with Gasteiger partial charge in [-0.25, -0.2) is 15.0 Å². The molecule has 11 nitrogen and oxygen atoms in total. The van der Waals surface area contributed by atoms with E-state index in [0.717, 1.165) is 23.6 Å². The Morgan fingerprint density at radius 3 is 2.84 bits per heavy atom. The second kappa shape index (κ2) is 7.74. The van der Waals surface area contributed by atoms with E-state index >= 15 is 0 Å². The number of amides is 1. The molecule has 5 heterocycles. The number of likely N-dealkylation sites (tertiary alicyclic amines) is 1. The highest BCUT2D eigenvalue weighted by Gasteiger charge is 2.31. The lowest BCUT2D eigenvalue weighted by Gasteiger charge is -2.16. The number of nitrogens with zero attached hydrogens (tertiary/aromatic N) is 8. The lowest BCUT2D eigenvalue weighted by Crippen LogP contribution is -2.31. The molecule has 0 N–H and O–H groups in total. The van der Waals surface area contributed by atoms with Gasteiger partial charge in [-0.15, -0.1) is 0 Å². The first-order valence-corrected chi connectivity index (χ1v) is 10.5. The molecule has 1 aliphatic heterocycles. The number of hydrogen-bond acceptors (Lipinski definition) is 8. The van der Waals surface area contributed by atoms with E-state index in [1.807, 2.05) is 29.4 Å². The van der Waals surface area contributed by atoms with Crippen molar-refractivity contribution >= 4 is 17.1 Å². The molecule has 11 heteroatoms. The number of aromatic nitrogens is 7. The summed E-state index contributed by atoms with van der Waals surface area (Å²) >= 11 is 0. The summed E-state index contributed by atoms with van der Waals surface area (Å²) in [7, 11) is 1.92. The zero-order valence-corrected chi connectivity index (χ0v) is 18.4. The van der Waals surface area contributed by atoms with Gasteiger partial charge in [-0.3, -0.25) is 9.48 Å². The minimum Gasteiger partial charge on any atom is -0.471 e. The predicted octanol–water partition coefficient (Wildman–Crippen LogP) is 2.15. The number of oxazole rings is 1. The summed E-state index contributed by atoms with van der Waals surface area (Å²) in [6, 6.07) is 0. The first kappa shape index (κ1) is 20.2. The average molecular weight is 436 g/mol. The summed E-state index contributed by atoms with van der Waals surface area (Å²) in [5, 5.41) is 4.43. The standard InChI is InChI=1S/C21H24N8O3/c1-5-29-12(2)15(8-25-29)18-26-17-19(27(18)4)22-10-23-20(17)32-14-6-7-28(9-14)21(30)16-13(3)31-11-24-16/h8,10-11,14H,5-7,9H2,1-4H3/t14-/m0/s1. The Hall–Kier alpha value is -3.76. The smallest absolute Gasteiger partial charge is 0.276 e. The van der Waals surface area contributed by atoms with Crippen LogP contribution in [0.2, 0.25) is 0 Å². The molecule has 32 heavy (non-hydrogen) atoms. The second-order valence-electron chi connectivity index (χ2n) is 7.84. The summed E-state index contributed by atoms with van der Waals surface area (Å²) in [5.41, 5.74) is 3.59. The Balaban J connectivity index is 1.40. The van der Waals surface area contributed by atoms with Gasteiger partial charge >= 0.3 is 0 Å². The molecule has 0 radical (unpaired) electrons. The van der Waals surface area contributed by atoms with E-state index in [-0.39, 0.29) is 12.0 Å². The summed E-state index contributed by atoms with van der Waals surface area (Å²) in [4.78, 5) is 32.0. The van der Waals surface area contributed by atoms with Crippen LogP contribution in [0.4, 0.5) is 0 Å². The Labute approximate surface area is 184 Å². The number of hydrogen-bond donors (Lipinski definition) is 0. The molecule has 0 spiro atoms. The average Bonchev–Trinajstić information content (AvgIpc) is 3.56. The minimum atomic E-state index is -0.195. The summed E-state index contributed by atoms with van der Waals surface area (Å²) in [6.07, 6.45) is 5.08. The van der Waals surface area contributed by atoms with Gasteiger partial charge in [-0.2, -0.15) is 10.1 Å². The quantitative estimate of drug-likeness (QED) is 0.467. The van der Waals surface area contributed by atoms with Gasteiger partial charge < -0.3 is 18.6 Å². The van der Waals surface area contributed by atoms with Gasteiger partial charge in [-0.05, 0) is 20.8 Å². The maximum absolute atomic E-state index is 12.7. The monoisotopic (exact) mass is 436 g/mol. The number of carbonyl (C=O) groups excluding carboxylic acids is 1. The van der Waals surface area contributed by atoms with Gasteiger partial charge in [0.2, 0.25) is 5.88 Å². The van der Waals surface area contributed by atoms with Gasteiger partial charge in [0, 0.05) is 32.3 Å². The number of imidazole rings is 1. The fraction of sp³-hybridized carbons (Fsp3) is 0.429. The van der Waals surface area contributed by atoms with Crippen LogP contribution in [0.25, 0.3) is 22.6 Å². The highest BCUT2D eigenvalue weighted by Crippen LogP contribution is 2.30. The maximum Gasteiger partial charge on any atom is 0.276 e. The highest BCUT2D eigenvalue weighted by atomic mass is 16.5. The molecule has 0 aromatic carbocycles. The van der Waals surface area contributed by atoms with Crippen molar-refractivity contribution in [3.8, 4) is 17.3 Å². The van der Waals surface area contributed by atoms with E-state index in [1.165, 1.54) is 12.7 Å². The van der Waals surface area contributed by atoms with Crippen molar-refractivity contribution < 1.29 is 13.9 Å². The van der Waals surface area contributed by atoms with Crippen molar-refractivity contribution in [1.29, 1.82) is 0 Å². The predicted molar refractivity (Wildman–Crippen MR) is 114 cm³/mol. The summed E-state index contributed by atoms with van der Waals surface area (Å²) in [5.74, 6) is 1.53. The molecule has 1 fully saturated rings. The largest absolute Gasteiger partial charge is 0.471 e. The summed E-state index contributed by atoms with van der Waals surface area (Å²) < 4.78 is 15.2. The van der Waals surface area contributed by atoms with Crippen LogP contribution < -0.4 is 4.74 Å². The van der Waals surface area contributed by atoms with Crippen LogP contribution in [0.5, 0.6) is 5.88 Å². The van der Waals surface area contributed by atoms with Gasteiger partial charge in [0.1, 0.15) is 24.0 Å². The molecule has 4 aromatic heterocycles. The molecule has 0 bridgehead atoms. The molecule has 0 unspecified atom stereocenters. The number of ether oxygens (including phenoxy) is 1. The molecule has 5 rings (SSSR count). The molecular formula is C21H24N8O3. The molecule has 4 aromatic rings. The third-order valence-electron chi connectivity index (χ3n) is 5.92. The number of rotatable bonds is 5. The van der Waals surface area contributed by atoms with Crippen LogP contribution in [-0.2, 0) is 13.6 Å². The van der Waals surface area contributed by atoms with Crippen LogP contribution in [0.1, 0.15) is 35.3 Å². The fourth-order valence-electron chi connectivity index (χ4n) is 4.12. The Morgan fingerprint density at radius 1 is 1.28 bits per heavy atom. The van der Waals surface area contributed by atoms with E-state index in [9.17, 15) is 4.79 Å². The number of carbonyl (C=O) groups is 1. The van der Waals surface area contributed by atoms with Crippen molar-refractivity contribution in [3.63, 3.8) is 0 Å². The third-order valence-corrected chi connectivity index (χ3v) is 5.92. The van der Waals surface area contributed by atoms with E-state index in [1.54, 1.807) is 11.8 Å². The van der Waals surface area contributed by atoms with Crippen LogP contribution in [-0.4, -0.2) is 64.3 Å². The van der Waals surface area contributed by atoms with E-state index < -0.39 is 0 Å². The van der Waals surface area contributed by atoms with Crippen LogP contribution in [0, 0.1) is 13.8 Å². The SMILES string of the molecule is CCn1ncc(-c2nc3c(O[C@H]4CCN(C(=O)c5ncoc5C)C4)ncnc3n2C)c1C. The molecule has 166 valence electrons. The van der Waals surface area contributed by atoms with Gasteiger partial charge in [0.15, 0.2) is 23.3 Å².